The van der Waals surface area contributed by atoms with Gasteiger partial charge in [-0.25, -0.2) is 4.39 Å². The highest BCUT2D eigenvalue weighted by molar-refractivity contribution is 5.38. The van der Waals surface area contributed by atoms with Crippen molar-refractivity contribution in [3.05, 3.63) is 29.6 Å². The molecule has 2 nitrogen and oxygen atoms in total. The van der Waals surface area contributed by atoms with Crippen molar-refractivity contribution in [2.24, 2.45) is 0 Å². The maximum Gasteiger partial charge on any atom is 0.132 e. The van der Waals surface area contributed by atoms with Gasteiger partial charge < -0.3 is 9.84 Å². The number of methoxy groups -OCH3 is 1. The van der Waals surface area contributed by atoms with Crippen molar-refractivity contribution >= 4 is 0 Å². The van der Waals surface area contributed by atoms with Gasteiger partial charge in [0, 0.05) is 0 Å². The lowest BCUT2D eigenvalue weighted by Crippen LogP contribution is -2.18. The second-order valence-electron chi connectivity index (χ2n) is 3.38. The fourth-order valence-electron chi connectivity index (χ4n) is 1.27. The first kappa shape index (κ1) is 9.99. The zero-order valence-electron chi connectivity index (χ0n) is 7.97. The average Bonchev–Trinajstić information content (AvgIpc) is 2.01. The van der Waals surface area contributed by atoms with Crippen molar-refractivity contribution in [1.29, 1.82) is 0 Å². The molecule has 1 aromatic carbocycles. The van der Waals surface area contributed by atoms with Crippen molar-refractivity contribution in [3.63, 3.8) is 0 Å². The number of ether oxygens (including phenoxy) is 1. The van der Waals surface area contributed by atoms with Crippen LogP contribution in [0.2, 0.25) is 0 Å². The van der Waals surface area contributed by atoms with Crippen molar-refractivity contribution in [2.45, 2.75) is 19.4 Å². The van der Waals surface area contributed by atoms with Crippen LogP contribution in [0.1, 0.15) is 19.4 Å². The third kappa shape index (κ3) is 1.98. The molecular formula is C10H13FO2. The van der Waals surface area contributed by atoms with E-state index in [1.807, 2.05) is 0 Å². The van der Waals surface area contributed by atoms with Gasteiger partial charge in [-0.2, -0.15) is 0 Å². The van der Waals surface area contributed by atoms with Gasteiger partial charge in [0.2, 0.25) is 0 Å². The summed E-state index contributed by atoms with van der Waals surface area (Å²) in [6, 6.07) is 4.47. The van der Waals surface area contributed by atoms with Crippen LogP contribution >= 0.6 is 0 Å². The van der Waals surface area contributed by atoms with Crippen molar-refractivity contribution in [3.8, 4) is 5.75 Å². The Balaban J connectivity index is 3.32. The lowest BCUT2D eigenvalue weighted by Gasteiger charge is -2.21. The molecule has 1 rings (SSSR count). The molecule has 0 amide bonds. The summed E-state index contributed by atoms with van der Waals surface area (Å²) in [5.74, 6) is -0.0839. The predicted octanol–water partition coefficient (Wildman–Crippen LogP) is 2.06. The molecule has 0 saturated carbocycles. The van der Waals surface area contributed by atoms with E-state index < -0.39 is 11.4 Å². The Labute approximate surface area is 77.0 Å². The van der Waals surface area contributed by atoms with Crippen LogP contribution in [0.5, 0.6) is 5.75 Å². The van der Waals surface area contributed by atoms with Gasteiger partial charge in [0.25, 0.3) is 0 Å². The zero-order valence-corrected chi connectivity index (χ0v) is 7.97. The molecule has 1 N–H and O–H groups in total. The first-order chi connectivity index (χ1) is 5.96. The summed E-state index contributed by atoms with van der Waals surface area (Å²) in [6.07, 6.45) is 0. The molecular weight excluding hydrogens is 171 g/mol. The Kier molecular flexibility index (Phi) is 2.57. The highest BCUT2D eigenvalue weighted by atomic mass is 19.1. The van der Waals surface area contributed by atoms with Crippen molar-refractivity contribution in [1.82, 2.24) is 0 Å². The normalized spacial score (nSPS) is 11.5. The van der Waals surface area contributed by atoms with Crippen LogP contribution in [0.3, 0.4) is 0 Å². The Morgan fingerprint density at radius 2 is 2.00 bits per heavy atom. The van der Waals surface area contributed by atoms with E-state index in [1.54, 1.807) is 12.1 Å². The first-order valence-electron chi connectivity index (χ1n) is 4.02. The van der Waals surface area contributed by atoms with E-state index in [4.69, 9.17) is 4.74 Å². The molecule has 0 aliphatic heterocycles. The number of benzene rings is 1. The van der Waals surface area contributed by atoms with Gasteiger partial charge in [-0.15, -0.1) is 0 Å². The van der Waals surface area contributed by atoms with E-state index in [2.05, 4.69) is 0 Å². The topological polar surface area (TPSA) is 29.5 Å². The Morgan fingerprint density at radius 3 is 2.38 bits per heavy atom. The van der Waals surface area contributed by atoms with Crippen LogP contribution in [0, 0.1) is 5.82 Å². The maximum absolute atomic E-state index is 13.3. The molecule has 0 aliphatic carbocycles. The van der Waals surface area contributed by atoms with Gasteiger partial charge in [0.05, 0.1) is 18.3 Å². The predicted molar refractivity (Wildman–Crippen MR) is 48.2 cm³/mol. The van der Waals surface area contributed by atoms with Gasteiger partial charge in [-0.1, -0.05) is 6.07 Å². The summed E-state index contributed by atoms with van der Waals surface area (Å²) >= 11 is 0. The zero-order chi connectivity index (χ0) is 10.1. The average molecular weight is 184 g/mol. The fraction of sp³-hybridized carbons (Fsp3) is 0.400. The van der Waals surface area contributed by atoms with Gasteiger partial charge in [0.1, 0.15) is 11.6 Å². The van der Waals surface area contributed by atoms with Crippen molar-refractivity contribution < 1.29 is 14.2 Å². The number of halogens is 1. The van der Waals surface area contributed by atoms with Crippen LogP contribution in [0.25, 0.3) is 0 Å². The SMILES string of the molecule is COc1cccc(F)c1C(C)(C)O. The van der Waals surface area contributed by atoms with E-state index in [1.165, 1.54) is 27.0 Å². The molecule has 0 fully saturated rings. The quantitative estimate of drug-likeness (QED) is 0.762. The Hall–Kier alpha value is -1.09. The van der Waals surface area contributed by atoms with E-state index in [-0.39, 0.29) is 5.56 Å². The van der Waals surface area contributed by atoms with Gasteiger partial charge in [-0.3, -0.25) is 0 Å². The minimum absolute atomic E-state index is 0.192. The lowest BCUT2D eigenvalue weighted by molar-refractivity contribution is 0.0714. The van der Waals surface area contributed by atoms with E-state index in [9.17, 15) is 9.50 Å². The summed E-state index contributed by atoms with van der Waals surface area (Å²) in [7, 11) is 1.45. The minimum Gasteiger partial charge on any atom is -0.496 e. The minimum atomic E-state index is -1.23. The summed E-state index contributed by atoms with van der Waals surface area (Å²) in [5, 5.41) is 9.66. The molecule has 0 spiro atoms. The van der Waals surface area contributed by atoms with E-state index in [0.717, 1.165) is 0 Å². The molecule has 1 aromatic rings. The van der Waals surface area contributed by atoms with Crippen LogP contribution in [0.15, 0.2) is 18.2 Å². The largest absolute Gasteiger partial charge is 0.496 e. The van der Waals surface area contributed by atoms with Crippen molar-refractivity contribution in [2.75, 3.05) is 7.11 Å². The number of hydrogen-bond acceptors (Lipinski definition) is 2. The molecule has 13 heavy (non-hydrogen) atoms. The van der Waals surface area contributed by atoms with E-state index >= 15 is 0 Å². The molecule has 0 heterocycles. The van der Waals surface area contributed by atoms with Crippen LogP contribution in [-0.4, -0.2) is 12.2 Å². The Bertz CT molecular complexity index is 302. The summed E-state index contributed by atoms with van der Waals surface area (Å²) in [4.78, 5) is 0. The number of aliphatic hydroxyl groups is 1. The molecule has 72 valence electrons. The second-order valence-corrected chi connectivity index (χ2v) is 3.38. The standard InChI is InChI=1S/C10H13FO2/c1-10(2,12)9-7(11)5-4-6-8(9)13-3/h4-6,12H,1-3H3. The fourth-order valence-corrected chi connectivity index (χ4v) is 1.27. The summed E-state index contributed by atoms with van der Waals surface area (Å²) in [5.41, 5.74) is -1.03. The number of hydrogen-bond donors (Lipinski definition) is 1. The second kappa shape index (κ2) is 3.34. The van der Waals surface area contributed by atoms with Crippen LogP contribution < -0.4 is 4.74 Å². The first-order valence-corrected chi connectivity index (χ1v) is 4.02. The van der Waals surface area contributed by atoms with Crippen LogP contribution in [0.4, 0.5) is 4.39 Å². The van der Waals surface area contributed by atoms with Gasteiger partial charge >= 0.3 is 0 Å². The highest BCUT2D eigenvalue weighted by Crippen LogP contribution is 2.31. The maximum atomic E-state index is 13.3. The molecule has 3 heteroatoms. The third-order valence-corrected chi connectivity index (χ3v) is 1.81. The molecule has 0 aliphatic rings. The Morgan fingerprint density at radius 1 is 1.38 bits per heavy atom. The third-order valence-electron chi connectivity index (χ3n) is 1.81. The lowest BCUT2D eigenvalue weighted by atomic mass is 9.97. The smallest absolute Gasteiger partial charge is 0.132 e. The molecule has 0 radical (unpaired) electrons. The number of rotatable bonds is 2. The van der Waals surface area contributed by atoms with Gasteiger partial charge in [0.15, 0.2) is 0 Å². The molecule has 0 aromatic heterocycles. The molecule has 0 saturated heterocycles. The van der Waals surface area contributed by atoms with Crippen LogP contribution in [-0.2, 0) is 5.60 Å². The molecule has 0 unspecified atom stereocenters. The highest BCUT2D eigenvalue weighted by Gasteiger charge is 2.24. The molecule has 0 bridgehead atoms. The molecule has 0 atom stereocenters. The summed E-state index contributed by atoms with van der Waals surface area (Å²) < 4.78 is 18.2. The van der Waals surface area contributed by atoms with E-state index in [0.29, 0.717) is 5.75 Å². The van der Waals surface area contributed by atoms with Gasteiger partial charge in [-0.05, 0) is 26.0 Å². The summed E-state index contributed by atoms with van der Waals surface area (Å²) in [6.45, 7) is 3.04. The monoisotopic (exact) mass is 184 g/mol.